The molecule has 0 radical (unpaired) electrons. The zero-order chi connectivity index (χ0) is 17.0. The maximum absolute atomic E-state index is 2.34. The first kappa shape index (κ1) is 14.5. The van der Waals surface area contributed by atoms with Crippen LogP contribution in [-0.2, 0) is 0 Å². The number of hydrogen-bond acceptors (Lipinski definition) is 0. The van der Waals surface area contributed by atoms with Crippen molar-refractivity contribution >= 4 is 43.1 Å². The van der Waals surface area contributed by atoms with Crippen molar-refractivity contribution in [1.29, 1.82) is 0 Å². The molecule has 0 heteroatoms. The number of rotatable bonds is 1. The molecule has 0 aliphatic carbocycles. The van der Waals surface area contributed by atoms with Crippen LogP contribution in [0, 0.1) is 0 Å². The third kappa shape index (κ3) is 2.07. The van der Waals surface area contributed by atoms with E-state index in [2.05, 4.69) is 92.7 Å². The fourth-order valence-electron chi connectivity index (χ4n) is 4.30. The van der Waals surface area contributed by atoms with Gasteiger partial charge in [0.1, 0.15) is 0 Å². The van der Waals surface area contributed by atoms with E-state index in [1.165, 1.54) is 48.7 Å². The van der Waals surface area contributed by atoms with E-state index in [1.54, 1.807) is 0 Å². The predicted molar refractivity (Wildman–Crippen MR) is 111 cm³/mol. The SMILES string of the molecule is CC(C)c1c2ccccc2cc2ccc3c4ccccc4ccc3c12. The van der Waals surface area contributed by atoms with E-state index in [9.17, 15) is 0 Å². The highest BCUT2D eigenvalue weighted by Gasteiger charge is 2.14. The van der Waals surface area contributed by atoms with Crippen LogP contribution in [0.2, 0.25) is 0 Å². The van der Waals surface area contributed by atoms with Gasteiger partial charge in [0.25, 0.3) is 0 Å². The second kappa shape index (κ2) is 5.32. The lowest BCUT2D eigenvalue weighted by Crippen LogP contribution is -1.93. The van der Waals surface area contributed by atoms with Gasteiger partial charge in [-0.2, -0.15) is 0 Å². The first-order chi connectivity index (χ1) is 12.2. The molecule has 0 fully saturated rings. The smallest absolute Gasteiger partial charge is 0.00641 e. The van der Waals surface area contributed by atoms with Crippen LogP contribution < -0.4 is 0 Å². The normalized spacial score (nSPS) is 12.0. The minimum Gasteiger partial charge on any atom is -0.0616 e. The van der Waals surface area contributed by atoms with Crippen LogP contribution in [0.25, 0.3) is 43.1 Å². The van der Waals surface area contributed by atoms with Gasteiger partial charge in [-0.3, -0.25) is 0 Å². The Hall–Kier alpha value is -2.86. The van der Waals surface area contributed by atoms with Crippen molar-refractivity contribution in [3.63, 3.8) is 0 Å². The van der Waals surface area contributed by atoms with Crippen molar-refractivity contribution in [3.05, 3.63) is 84.4 Å². The zero-order valence-corrected chi connectivity index (χ0v) is 14.6. The van der Waals surface area contributed by atoms with Gasteiger partial charge < -0.3 is 0 Å². The van der Waals surface area contributed by atoms with Gasteiger partial charge in [-0.25, -0.2) is 0 Å². The van der Waals surface area contributed by atoms with Gasteiger partial charge in [-0.15, -0.1) is 0 Å². The summed E-state index contributed by atoms with van der Waals surface area (Å²) in [5.41, 5.74) is 1.47. The lowest BCUT2D eigenvalue weighted by Gasteiger charge is -2.17. The maximum Gasteiger partial charge on any atom is -0.00641 e. The first-order valence-electron chi connectivity index (χ1n) is 9.00. The Bertz CT molecular complexity index is 1260. The standard InChI is InChI=1S/C25H20/c1-16(2)24-21-10-6-4-8-18(21)15-19-12-13-22-20-9-5-3-7-17(20)11-14-23(22)25(19)24/h3-16H,1-2H3. The van der Waals surface area contributed by atoms with Crippen LogP contribution in [0.15, 0.2) is 78.9 Å². The molecule has 0 aromatic heterocycles. The van der Waals surface area contributed by atoms with Gasteiger partial charge in [0.05, 0.1) is 0 Å². The second-order valence-electron chi connectivity index (χ2n) is 7.21. The van der Waals surface area contributed by atoms with Gasteiger partial charge in [-0.05, 0) is 60.6 Å². The summed E-state index contributed by atoms with van der Waals surface area (Å²) in [6.45, 7) is 4.61. The van der Waals surface area contributed by atoms with E-state index < -0.39 is 0 Å². The fourth-order valence-corrected chi connectivity index (χ4v) is 4.30. The third-order valence-electron chi connectivity index (χ3n) is 5.37. The number of benzene rings is 5. The summed E-state index contributed by atoms with van der Waals surface area (Å²) >= 11 is 0. The maximum atomic E-state index is 2.34. The topological polar surface area (TPSA) is 0 Å². The molecule has 120 valence electrons. The van der Waals surface area contributed by atoms with E-state index in [0.29, 0.717) is 5.92 Å². The molecule has 0 nitrogen and oxygen atoms in total. The zero-order valence-electron chi connectivity index (χ0n) is 14.6. The monoisotopic (exact) mass is 320 g/mol. The van der Waals surface area contributed by atoms with Gasteiger partial charge in [-0.1, -0.05) is 86.6 Å². The number of hydrogen-bond donors (Lipinski definition) is 0. The largest absolute Gasteiger partial charge is 0.0616 e. The molecule has 5 rings (SSSR count). The molecule has 0 aliphatic heterocycles. The molecule has 5 aromatic rings. The molecular formula is C25H20. The van der Waals surface area contributed by atoms with Gasteiger partial charge in [0, 0.05) is 0 Å². The van der Waals surface area contributed by atoms with Crippen molar-refractivity contribution in [2.45, 2.75) is 19.8 Å². The van der Waals surface area contributed by atoms with Crippen LogP contribution in [0.1, 0.15) is 25.3 Å². The molecule has 0 aliphatic rings. The van der Waals surface area contributed by atoms with Crippen LogP contribution in [0.4, 0.5) is 0 Å². The van der Waals surface area contributed by atoms with E-state index in [4.69, 9.17) is 0 Å². The second-order valence-corrected chi connectivity index (χ2v) is 7.21. The Balaban J connectivity index is 2.08. The molecule has 0 N–H and O–H groups in total. The molecule has 5 aromatic carbocycles. The van der Waals surface area contributed by atoms with E-state index in [0.717, 1.165) is 0 Å². The van der Waals surface area contributed by atoms with E-state index >= 15 is 0 Å². The Labute approximate surface area is 147 Å². The summed E-state index contributed by atoms with van der Waals surface area (Å²) in [5.74, 6) is 0.477. The minimum atomic E-state index is 0.477. The summed E-state index contributed by atoms with van der Waals surface area (Å²) in [6.07, 6.45) is 0. The Kier molecular flexibility index (Phi) is 3.08. The fraction of sp³-hybridized carbons (Fsp3) is 0.120. The van der Waals surface area contributed by atoms with Crippen molar-refractivity contribution < 1.29 is 0 Å². The highest BCUT2D eigenvalue weighted by atomic mass is 14.2. The predicted octanol–water partition coefficient (Wildman–Crippen LogP) is 7.42. The summed E-state index contributed by atoms with van der Waals surface area (Å²) in [6, 6.07) is 29.0. The molecule has 0 saturated heterocycles. The van der Waals surface area contributed by atoms with Crippen LogP contribution >= 0.6 is 0 Å². The third-order valence-corrected chi connectivity index (χ3v) is 5.37. The molecule has 0 bridgehead atoms. The highest BCUT2D eigenvalue weighted by Crippen LogP contribution is 2.39. The van der Waals surface area contributed by atoms with Crippen LogP contribution in [0.5, 0.6) is 0 Å². The first-order valence-corrected chi connectivity index (χ1v) is 9.00. The van der Waals surface area contributed by atoms with Crippen LogP contribution in [-0.4, -0.2) is 0 Å². The summed E-state index contributed by atoms with van der Waals surface area (Å²) < 4.78 is 0. The Morgan fingerprint density at radius 3 is 1.96 bits per heavy atom. The molecule has 0 unspecified atom stereocenters. The van der Waals surface area contributed by atoms with Crippen molar-refractivity contribution in [1.82, 2.24) is 0 Å². The average molecular weight is 320 g/mol. The summed E-state index contributed by atoms with van der Waals surface area (Å²) in [5, 5.41) is 10.8. The van der Waals surface area contributed by atoms with E-state index in [1.807, 2.05) is 0 Å². The molecular weight excluding hydrogens is 300 g/mol. The molecule has 0 atom stereocenters. The molecule has 25 heavy (non-hydrogen) atoms. The molecule has 0 spiro atoms. The Morgan fingerprint density at radius 1 is 0.520 bits per heavy atom. The van der Waals surface area contributed by atoms with Crippen molar-refractivity contribution in [3.8, 4) is 0 Å². The highest BCUT2D eigenvalue weighted by molar-refractivity contribution is 6.20. The van der Waals surface area contributed by atoms with Gasteiger partial charge in [0.15, 0.2) is 0 Å². The Morgan fingerprint density at radius 2 is 1.16 bits per heavy atom. The minimum absolute atomic E-state index is 0.477. The van der Waals surface area contributed by atoms with Gasteiger partial charge in [0.2, 0.25) is 0 Å². The van der Waals surface area contributed by atoms with E-state index in [-0.39, 0.29) is 0 Å². The van der Waals surface area contributed by atoms with Crippen molar-refractivity contribution in [2.24, 2.45) is 0 Å². The molecule has 0 heterocycles. The molecule has 0 amide bonds. The quantitative estimate of drug-likeness (QED) is 0.222. The van der Waals surface area contributed by atoms with Crippen LogP contribution in [0.3, 0.4) is 0 Å². The summed E-state index contributed by atoms with van der Waals surface area (Å²) in [4.78, 5) is 0. The lowest BCUT2D eigenvalue weighted by atomic mass is 9.87. The average Bonchev–Trinajstić information content (AvgIpc) is 2.65. The molecule has 0 saturated carbocycles. The summed E-state index contributed by atoms with van der Waals surface area (Å²) in [7, 11) is 0. The van der Waals surface area contributed by atoms with Crippen molar-refractivity contribution in [2.75, 3.05) is 0 Å². The van der Waals surface area contributed by atoms with Gasteiger partial charge >= 0.3 is 0 Å². The number of fused-ring (bicyclic) bond motifs is 6. The lowest BCUT2D eigenvalue weighted by molar-refractivity contribution is 0.886.